The summed E-state index contributed by atoms with van der Waals surface area (Å²) >= 11 is 0. The first-order chi connectivity index (χ1) is 11.2. The van der Waals surface area contributed by atoms with Gasteiger partial charge in [0.2, 0.25) is 5.91 Å². The van der Waals surface area contributed by atoms with Crippen LogP contribution in [0.2, 0.25) is 0 Å². The third-order valence-electron chi connectivity index (χ3n) is 5.08. The van der Waals surface area contributed by atoms with Gasteiger partial charge in [0.05, 0.1) is 17.3 Å². The maximum atomic E-state index is 13.0. The topological polar surface area (TPSA) is 54.3 Å². The van der Waals surface area contributed by atoms with Crippen molar-refractivity contribution in [2.24, 2.45) is 12.5 Å². The molecule has 0 aliphatic carbocycles. The van der Waals surface area contributed by atoms with Crippen LogP contribution in [0.15, 0.2) is 36.9 Å². The first kappa shape index (κ1) is 14.4. The van der Waals surface area contributed by atoms with E-state index in [1.165, 1.54) is 5.56 Å². The summed E-state index contributed by atoms with van der Waals surface area (Å²) in [6.07, 6.45) is 9.27. The minimum atomic E-state index is -0.210. The van der Waals surface area contributed by atoms with Crippen LogP contribution in [-0.4, -0.2) is 45.2 Å². The molecule has 1 atom stereocenters. The van der Waals surface area contributed by atoms with E-state index in [9.17, 15) is 4.79 Å². The molecule has 2 aromatic heterocycles. The lowest BCUT2D eigenvalue weighted by Crippen LogP contribution is -2.36. The Morgan fingerprint density at radius 3 is 2.87 bits per heavy atom. The molecular formula is C17H21N5O. The zero-order chi connectivity index (χ0) is 15.9. The Labute approximate surface area is 135 Å². The molecule has 0 N–H and O–H groups in total. The van der Waals surface area contributed by atoms with E-state index in [-0.39, 0.29) is 11.3 Å². The number of nitrogens with zero attached hydrogens (tertiary/aromatic N) is 5. The van der Waals surface area contributed by atoms with Crippen molar-refractivity contribution in [1.82, 2.24) is 19.7 Å². The fraction of sp³-hybridized carbons (Fsp3) is 0.471. The number of aromatic nitrogens is 3. The van der Waals surface area contributed by atoms with Crippen molar-refractivity contribution in [3.8, 4) is 0 Å². The van der Waals surface area contributed by atoms with Crippen molar-refractivity contribution in [2.75, 3.05) is 24.5 Å². The summed E-state index contributed by atoms with van der Waals surface area (Å²) in [6.45, 7) is 3.49. The monoisotopic (exact) mass is 311 g/mol. The van der Waals surface area contributed by atoms with Gasteiger partial charge in [0, 0.05) is 45.3 Å². The van der Waals surface area contributed by atoms with Gasteiger partial charge in [-0.2, -0.15) is 5.10 Å². The highest BCUT2D eigenvalue weighted by molar-refractivity contribution is 6.00. The van der Waals surface area contributed by atoms with Crippen molar-refractivity contribution in [3.63, 3.8) is 0 Å². The predicted molar refractivity (Wildman–Crippen MR) is 86.7 cm³/mol. The Bertz CT molecular complexity index is 713. The summed E-state index contributed by atoms with van der Waals surface area (Å²) < 4.78 is 1.75. The van der Waals surface area contributed by atoms with Gasteiger partial charge in [-0.05, 0) is 31.0 Å². The third kappa shape index (κ3) is 2.53. The number of anilines is 1. The van der Waals surface area contributed by atoms with Crippen LogP contribution in [0.5, 0.6) is 0 Å². The molecule has 1 amide bonds. The maximum absolute atomic E-state index is 13.0. The van der Waals surface area contributed by atoms with Gasteiger partial charge < -0.3 is 4.90 Å². The van der Waals surface area contributed by atoms with Gasteiger partial charge >= 0.3 is 0 Å². The molecular weight excluding hydrogens is 290 g/mol. The summed E-state index contributed by atoms with van der Waals surface area (Å²) in [4.78, 5) is 21.4. The second kappa shape index (κ2) is 5.45. The molecule has 6 nitrogen and oxygen atoms in total. The number of carbonyl (C=O) groups excluding carboxylic acids is 1. The van der Waals surface area contributed by atoms with E-state index in [0.717, 1.165) is 44.7 Å². The van der Waals surface area contributed by atoms with E-state index in [0.29, 0.717) is 0 Å². The number of carbonyl (C=O) groups is 1. The molecule has 2 saturated heterocycles. The average molecular weight is 311 g/mol. The molecule has 4 heterocycles. The van der Waals surface area contributed by atoms with Gasteiger partial charge in [0.1, 0.15) is 0 Å². The first-order valence-electron chi connectivity index (χ1n) is 8.08. The summed E-state index contributed by atoms with van der Waals surface area (Å²) in [6, 6.07) is 4.06. The van der Waals surface area contributed by atoms with Crippen LogP contribution in [-0.2, 0) is 18.4 Å². The fourth-order valence-electron chi connectivity index (χ4n) is 3.84. The minimum Gasteiger partial charge on any atom is -0.309 e. The fourth-order valence-corrected chi connectivity index (χ4v) is 3.84. The van der Waals surface area contributed by atoms with Gasteiger partial charge in [0.25, 0.3) is 0 Å². The van der Waals surface area contributed by atoms with Gasteiger partial charge in [-0.3, -0.25) is 19.4 Å². The minimum absolute atomic E-state index is 0.210. The highest BCUT2D eigenvalue weighted by Crippen LogP contribution is 2.42. The molecule has 6 heteroatoms. The Hall–Kier alpha value is -2.21. The summed E-state index contributed by atoms with van der Waals surface area (Å²) in [5, 5.41) is 4.19. The van der Waals surface area contributed by atoms with Crippen LogP contribution in [0.1, 0.15) is 18.4 Å². The zero-order valence-electron chi connectivity index (χ0n) is 13.4. The van der Waals surface area contributed by atoms with Crippen molar-refractivity contribution >= 4 is 11.6 Å². The molecule has 1 spiro atoms. The van der Waals surface area contributed by atoms with Gasteiger partial charge in [-0.25, -0.2) is 0 Å². The first-order valence-corrected chi connectivity index (χ1v) is 8.08. The second-order valence-corrected chi connectivity index (χ2v) is 6.68. The Kier molecular flexibility index (Phi) is 3.41. The Morgan fingerprint density at radius 1 is 1.26 bits per heavy atom. The average Bonchev–Trinajstić information content (AvgIpc) is 3.23. The van der Waals surface area contributed by atoms with Crippen molar-refractivity contribution < 1.29 is 4.79 Å². The number of hydrogen-bond donors (Lipinski definition) is 0. The van der Waals surface area contributed by atoms with E-state index in [1.807, 2.05) is 30.4 Å². The van der Waals surface area contributed by atoms with Crippen LogP contribution in [0.25, 0.3) is 0 Å². The van der Waals surface area contributed by atoms with E-state index >= 15 is 0 Å². The van der Waals surface area contributed by atoms with Crippen LogP contribution in [0.3, 0.4) is 0 Å². The number of likely N-dealkylation sites (tertiary alicyclic amines) is 1. The van der Waals surface area contributed by atoms with Crippen LogP contribution >= 0.6 is 0 Å². The number of rotatable bonds is 3. The highest BCUT2D eigenvalue weighted by Gasteiger charge is 2.51. The number of amides is 1. The lowest BCUT2D eigenvalue weighted by molar-refractivity contribution is -0.125. The number of hydrogen-bond acceptors (Lipinski definition) is 4. The molecule has 2 fully saturated rings. The lowest BCUT2D eigenvalue weighted by atomic mass is 9.85. The summed E-state index contributed by atoms with van der Waals surface area (Å²) in [5.41, 5.74) is 1.91. The van der Waals surface area contributed by atoms with Crippen molar-refractivity contribution in [3.05, 3.63) is 42.5 Å². The molecule has 2 aliphatic heterocycles. The van der Waals surface area contributed by atoms with E-state index in [4.69, 9.17) is 0 Å². The zero-order valence-corrected chi connectivity index (χ0v) is 13.4. The van der Waals surface area contributed by atoms with Crippen molar-refractivity contribution in [1.29, 1.82) is 0 Å². The van der Waals surface area contributed by atoms with Crippen LogP contribution in [0, 0.1) is 5.41 Å². The van der Waals surface area contributed by atoms with Crippen LogP contribution in [0.4, 0.5) is 5.69 Å². The highest BCUT2D eigenvalue weighted by atomic mass is 16.2. The predicted octanol–water partition coefficient (Wildman–Crippen LogP) is 1.44. The molecule has 0 aromatic carbocycles. The smallest absolute Gasteiger partial charge is 0.234 e. The van der Waals surface area contributed by atoms with Crippen molar-refractivity contribution in [2.45, 2.75) is 19.4 Å². The SMILES string of the molecule is Cn1cc(N2CC[C@]3(CCN(Cc4cccnc4)C3)C2=O)cn1. The Morgan fingerprint density at radius 2 is 2.13 bits per heavy atom. The van der Waals surface area contributed by atoms with E-state index in [2.05, 4.69) is 21.0 Å². The number of aryl methyl sites for hydroxylation is 1. The molecule has 4 rings (SSSR count). The summed E-state index contributed by atoms with van der Waals surface area (Å²) in [7, 11) is 1.88. The van der Waals surface area contributed by atoms with Gasteiger partial charge in [0.15, 0.2) is 0 Å². The summed E-state index contributed by atoms with van der Waals surface area (Å²) in [5.74, 6) is 0.263. The van der Waals surface area contributed by atoms with Gasteiger partial charge in [-0.15, -0.1) is 0 Å². The molecule has 120 valence electrons. The molecule has 0 unspecified atom stereocenters. The third-order valence-corrected chi connectivity index (χ3v) is 5.08. The quantitative estimate of drug-likeness (QED) is 0.861. The molecule has 0 saturated carbocycles. The molecule has 2 aliphatic rings. The molecule has 23 heavy (non-hydrogen) atoms. The normalized spacial score (nSPS) is 24.9. The molecule has 0 bridgehead atoms. The Balaban J connectivity index is 1.47. The maximum Gasteiger partial charge on any atom is 0.234 e. The van der Waals surface area contributed by atoms with Crippen LogP contribution < -0.4 is 4.90 Å². The molecule has 2 aromatic rings. The molecule has 0 radical (unpaired) electrons. The van der Waals surface area contributed by atoms with Gasteiger partial charge in [-0.1, -0.05) is 6.07 Å². The standard InChI is InChI=1S/C17H21N5O/c1-20-12-15(10-19-20)22-8-5-17(16(22)23)4-7-21(13-17)11-14-3-2-6-18-9-14/h2-3,6,9-10,12H,4-5,7-8,11,13H2,1H3/t17-/m0/s1. The van der Waals surface area contributed by atoms with E-state index < -0.39 is 0 Å². The second-order valence-electron chi connectivity index (χ2n) is 6.68. The number of pyridine rings is 1. The van der Waals surface area contributed by atoms with E-state index in [1.54, 1.807) is 17.1 Å². The largest absolute Gasteiger partial charge is 0.309 e. The lowest BCUT2D eigenvalue weighted by Gasteiger charge is -2.23.